The number of nitrogens with one attached hydrogen (secondary N) is 1. The summed E-state index contributed by atoms with van der Waals surface area (Å²) in [5.74, 6) is -0.0994. The molecular formula is C27H36N5O6. The molecule has 0 unspecified atom stereocenters. The van der Waals surface area contributed by atoms with Gasteiger partial charge in [-0.3, -0.25) is 9.59 Å². The summed E-state index contributed by atoms with van der Waals surface area (Å²) in [7, 11) is 0. The lowest BCUT2D eigenvalue weighted by molar-refractivity contribution is -0.149. The van der Waals surface area contributed by atoms with E-state index in [0.717, 1.165) is 38.5 Å². The van der Waals surface area contributed by atoms with E-state index in [-0.39, 0.29) is 30.0 Å². The second kappa shape index (κ2) is 11.8. The van der Waals surface area contributed by atoms with Gasteiger partial charge < -0.3 is 24.6 Å². The monoisotopic (exact) mass is 526 g/mol. The Bertz CT molecular complexity index is 1180. The molecule has 0 aromatic carbocycles. The van der Waals surface area contributed by atoms with Crippen molar-refractivity contribution in [3.63, 3.8) is 0 Å². The predicted molar refractivity (Wildman–Crippen MR) is 137 cm³/mol. The summed E-state index contributed by atoms with van der Waals surface area (Å²) in [5.41, 5.74) is -2.19. The fourth-order valence-corrected chi connectivity index (χ4v) is 4.93. The van der Waals surface area contributed by atoms with Crippen LogP contribution in [0.25, 0.3) is 5.52 Å². The van der Waals surface area contributed by atoms with Crippen LogP contribution < -0.4 is 5.32 Å². The third-order valence-corrected chi connectivity index (χ3v) is 7.23. The summed E-state index contributed by atoms with van der Waals surface area (Å²) in [6, 6.07) is 5.31. The van der Waals surface area contributed by atoms with Gasteiger partial charge in [0, 0.05) is 19.4 Å². The van der Waals surface area contributed by atoms with E-state index >= 15 is 0 Å². The van der Waals surface area contributed by atoms with Gasteiger partial charge in [-0.1, -0.05) is 26.2 Å². The van der Waals surface area contributed by atoms with Gasteiger partial charge in [0.25, 0.3) is 5.91 Å². The molecule has 1 aliphatic carbocycles. The number of esters is 1. The molecular weight excluding hydrogens is 490 g/mol. The molecule has 11 heteroatoms. The van der Waals surface area contributed by atoms with Gasteiger partial charge in [-0.15, -0.1) is 0 Å². The van der Waals surface area contributed by atoms with Crippen LogP contribution in [0.4, 0.5) is 5.82 Å². The molecule has 3 heterocycles. The van der Waals surface area contributed by atoms with Gasteiger partial charge in [0.05, 0.1) is 5.69 Å². The first kappa shape index (κ1) is 28.0. The fourth-order valence-electron chi connectivity index (χ4n) is 4.93. The Morgan fingerprint density at radius 2 is 2.11 bits per heavy atom. The third kappa shape index (κ3) is 5.82. The SMILES string of the molecule is CCCCOC(C)(C)C(=O)Nc1ncnn2c([C@]3(C#N)O[C@@H](COC(=O)CC4CCCC4)[CH][C@H]3O)ccc12. The summed E-state index contributed by atoms with van der Waals surface area (Å²) >= 11 is 0. The Hall–Kier alpha value is -3.07. The first-order chi connectivity index (χ1) is 18.2. The lowest BCUT2D eigenvalue weighted by Crippen LogP contribution is -2.40. The maximum absolute atomic E-state index is 12.9. The number of ether oxygens (including phenoxy) is 3. The van der Waals surface area contributed by atoms with Gasteiger partial charge in [-0.25, -0.2) is 9.50 Å². The van der Waals surface area contributed by atoms with Crippen LogP contribution in [0.2, 0.25) is 0 Å². The number of nitriles is 1. The number of rotatable bonds is 11. The normalized spacial score (nSPS) is 24.0. The number of carbonyl (C=O) groups excluding carboxylic acids is 2. The van der Waals surface area contributed by atoms with Crippen molar-refractivity contribution in [1.82, 2.24) is 14.6 Å². The molecule has 0 bridgehead atoms. The van der Waals surface area contributed by atoms with Crippen molar-refractivity contribution in [2.75, 3.05) is 18.5 Å². The van der Waals surface area contributed by atoms with Gasteiger partial charge >= 0.3 is 5.97 Å². The molecule has 0 spiro atoms. The van der Waals surface area contributed by atoms with Crippen molar-refractivity contribution >= 4 is 23.2 Å². The number of hydrogen-bond acceptors (Lipinski definition) is 9. The van der Waals surface area contributed by atoms with Crippen molar-refractivity contribution in [2.24, 2.45) is 5.92 Å². The molecule has 1 amide bonds. The van der Waals surface area contributed by atoms with E-state index < -0.39 is 23.4 Å². The molecule has 3 atom stereocenters. The van der Waals surface area contributed by atoms with E-state index in [9.17, 15) is 20.0 Å². The minimum absolute atomic E-state index is 0.0985. The third-order valence-electron chi connectivity index (χ3n) is 7.23. The van der Waals surface area contributed by atoms with Gasteiger partial charge in [-0.05, 0) is 51.2 Å². The molecule has 38 heavy (non-hydrogen) atoms. The summed E-state index contributed by atoms with van der Waals surface area (Å²) < 4.78 is 18.5. The first-order valence-electron chi connectivity index (χ1n) is 13.3. The van der Waals surface area contributed by atoms with Crippen molar-refractivity contribution in [1.29, 1.82) is 5.26 Å². The van der Waals surface area contributed by atoms with E-state index in [2.05, 4.69) is 21.5 Å². The molecule has 1 radical (unpaired) electrons. The number of aliphatic hydroxyl groups is 1. The zero-order valence-corrected chi connectivity index (χ0v) is 22.2. The highest BCUT2D eigenvalue weighted by atomic mass is 16.6. The molecule has 1 saturated carbocycles. The first-order valence-corrected chi connectivity index (χ1v) is 13.3. The van der Waals surface area contributed by atoms with Gasteiger partial charge in [0.2, 0.25) is 5.60 Å². The quantitative estimate of drug-likeness (QED) is 0.333. The van der Waals surface area contributed by atoms with Gasteiger partial charge in [0.15, 0.2) is 5.82 Å². The molecule has 4 rings (SSSR count). The zero-order chi connectivity index (χ0) is 27.3. The van der Waals surface area contributed by atoms with E-state index in [1.165, 1.54) is 17.3 Å². The van der Waals surface area contributed by atoms with Crippen LogP contribution in [0.5, 0.6) is 0 Å². The maximum atomic E-state index is 12.9. The summed E-state index contributed by atoms with van der Waals surface area (Å²) in [6.07, 6.45) is 7.12. The Morgan fingerprint density at radius 3 is 2.82 bits per heavy atom. The fraction of sp³-hybridized carbons (Fsp3) is 0.630. The van der Waals surface area contributed by atoms with Crippen molar-refractivity contribution < 1.29 is 28.9 Å². The molecule has 1 saturated heterocycles. The molecule has 2 aliphatic rings. The second-order valence-electron chi connectivity index (χ2n) is 10.5. The highest BCUT2D eigenvalue weighted by molar-refractivity contribution is 5.98. The predicted octanol–water partition coefficient (Wildman–Crippen LogP) is 3.07. The minimum Gasteiger partial charge on any atom is -0.463 e. The molecule has 205 valence electrons. The number of nitrogens with zero attached hydrogens (tertiary/aromatic N) is 4. The summed E-state index contributed by atoms with van der Waals surface area (Å²) in [6.45, 7) is 5.77. The van der Waals surface area contributed by atoms with Crippen molar-refractivity contribution in [3.8, 4) is 6.07 Å². The number of fused-ring (bicyclic) bond motifs is 1. The van der Waals surface area contributed by atoms with Gasteiger partial charge in [-0.2, -0.15) is 10.4 Å². The van der Waals surface area contributed by atoms with Gasteiger partial charge in [0.1, 0.15) is 42.3 Å². The molecule has 2 fully saturated rings. The molecule has 2 N–H and O–H groups in total. The van der Waals surface area contributed by atoms with Crippen molar-refractivity contribution in [2.45, 2.75) is 89.1 Å². The minimum atomic E-state index is -1.78. The Labute approximate surface area is 222 Å². The standard InChI is InChI=1S/C27H36N5O6/c1-4-5-12-37-26(2,3)25(35)31-24-20-10-11-21(32(20)30-17-29-24)27(16-28)22(33)14-19(38-27)15-36-23(34)13-18-8-6-7-9-18/h10-11,14,17-19,22,33H,4-9,12-13,15H2,1-3H3,(H,29,30,31,35)/t19-,22-,27+/m1/s1. The highest BCUT2D eigenvalue weighted by Crippen LogP contribution is 2.40. The Balaban J connectivity index is 1.48. The largest absolute Gasteiger partial charge is 0.463 e. The number of carbonyl (C=O) groups is 2. The number of anilines is 1. The Morgan fingerprint density at radius 1 is 1.34 bits per heavy atom. The average Bonchev–Trinajstić information content (AvgIpc) is 3.62. The lowest BCUT2D eigenvalue weighted by Gasteiger charge is -2.25. The van der Waals surface area contributed by atoms with Crippen LogP contribution in [0.3, 0.4) is 0 Å². The molecule has 2 aromatic heterocycles. The van der Waals surface area contributed by atoms with Crippen LogP contribution in [-0.2, 0) is 29.4 Å². The lowest BCUT2D eigenvalue weighted by atomic mass is 9.94. The van der Waals surface area contributed by atoms with E-state index in [1.54, 1.807) is 26.0 Å². The number of aromatic nitrogens is 3. The highest BCUT2D eigenvalue weighted by Gasteiger charge is 2.52. The van der Waals surface area contributed by atoms with Crippen LogP contribution in [-0.4, -0.2) is 62.6 Å². The topological polar surface area (TPSA) is 148 Å². The zero-order valence-electron chi connectivity index (χ0n) is 22.2. The van der Waals surface area contributed by atoms with E-state index in [4.69, 9.17) is 14.2 Å². The molecule has 11 nitrogen and oxygen atoms in total. The number of aliphatic hydroxyl groups excluding tert-OH is 1. The van der Waals surface area contributed by atoms with E-state index in [1.807, 2.05) is 6.92 Å². The smallest absolute Gasteiger partial charge is 0.306 e. The molecule has 2 aromatic rings. The molecule has 1 aliphatic heterocycles. The van der Waals surface area contributed by atoms with Crippen LogP contribution in [0.15, 0.2) is 18.5 Å². The second-order valence-corrected chi connectivity index (χ2v) is 10.5. The van der Waals surface area contributed by atoms with E-state index in [0.29, 0.717) is 24.5 Å². The number of hydrogen-bond donors (Lipinski definition) is 2. The van der Waals surface area contributed by atoms with Crippen molar-refractivity contribution in [3.05, 3.63) is 30.6 Å². The summed E-state index contributed by atoms with van der Waals surface area (Å²) in [5, 5.41) is 28.0. The summed E-state index contributed by atoms with van der Waals surface area (Å²) in [4.78, 5) is 29.4. The number of amides is 1. The Kier molecular flexibility index (Phi) is 8.65. The van der Waals surface area contributed by atoms with Crippen LogP contribution in [0, 0.1) is 23.7 Å². The maximum Gasteiger partial charge on any atom is 0.306 e. The van der Waals surface area contributed by atoms with Crippen LogP contribution in [0.1, 0.15) is 71.4 Å². The average molecular weight is 527 g/mol. The number of unbranched alkanes of at least 4 members (excludes halogenated alkanes) is 1. The van der Waals surface area contributed by atoms with Crippen LogP contribution >= 0.6 is 0 Å².